The molecule has 0 bridgehead atoms. The number of thiazole rings is 1. The number of hydrogen-bond acceptors (Lipinski definition) is 5. The van der Waals surface area contributed by atoms with Gasteiger partial charge in [-0.3, -0.25) is 20.4 Å². The van der Waals surface area contributed by atoms with E-state index in [0.717, 1.165) is 5.01 Å². The van der Waals surface area contributed by atoms with Gasteiger partial charge in [-0.05, 0) is 25.1 Å². The molecule has 2 rings (SSSR count). The lowest BCUT2D eigenvalue weighted by atomic mass is 10.2. The smallest absolute Gasteiger partial charge is 0.281 e. The minimum atomic E-state index is -0.662. The molecule has 2 amide bonds. The van der Waals surface area contributed by atoms with Crippen LogP contribution < -0.4 is 10.9 Å². The number of hydrazine groups is 1. The first-order valence-corrected chi connectivity index (χ1v) is 8.05. The molecular weight excluding hydrogens is 338 g/mol. The van der Waals surface area contributed by atoms with E-state index >= 15 is 0 Å². The number of carbonyl (C=O) groups excluding carboxylic acids is 2. The molecule has 8 heteroatoms. The van der Waals surface area contributed by atoms with Crippen LogP contribution in [0.2, 0.25) is 5.02 Å². The molecule has 0 saturated heterocycles. The number of nitrogens with one attached hydrogen (secondary N) is 2. The summed E-state index contributed by atoms with van der Waals surface area (Å²) in [5.74, 6) is -1.12. The van der Waals surface area contributed by atoms with E-state index in [1.54, 1.807) is 6.92 Å². The second kappa shape index (κ2) is 6.97. The zero-order valence-electron chi connectivity index (χ0n) is 12.8. The summed E-state index contributed by atoms with van der Waals surface area (Å²) in [6, 6.07) is 4.08. The lowest BCUT2D eigenvalue weighted by Crippen LogP contribution is -2.41. The molecule has 1 aromatic carbocycles. The van der Waals surface area contributed by atoms with Crippen LogP contribution in [-0.2, 0) is 0 Å². The third-order valence-electron chi connectivity index (χ3n) is 3.01. The van der Waals surface area contributed by atoms with Crippen molar-refractivity contribution in [3.8, 4) is 5.75 Å². The Morgan fingerprint density at radius 3 is 2.52 bits per heavy atom. The Hall–Kier alpha value is -2.12. The van der Waals surface area contributed by atoms with Crippen LogP contribution in [0, 0.1) is 6.92 Å². The van der Waals surface area contributed by atoms with Gasteiger partial charge in [0.1, 0.15) is 10.6 Å². The number of aryl methyl sites for hydroxylation is 1. The second-order valence-corrected chi connectivity index (χ2v) is 6.66. The fourth-order valence-corrected chi connectivity index (χ4v) is 2.94. The van der Waals surface area contributed by atoms with Crippen molar-refractivity contribution in [2.45, 2.75) is 26.7 Å². The van der Waals surface area contributed by atoms with Crippen molar-refractivity contribution in [1.82, 2.24) is 15.8 Å². The molecule has 122 valence electrons. The minimum Gasteiger partial charge on any atom is -0.507 e. The molecule has 0 fully saturated rings. The first kappa shape index (κ1) is 17.2. The first-order chi connectivity index (χ1) is 10.8. The van der Waals surface area contributed by atoms with Gasteiger partial charge in [0.15, 0.2) is 0 Å². The van der Waals surface area contributed by atoms with Crippen LogP contribution in [0.15, 0.2) is 18.2 Å². The number of aromatic hydroxyl groups is 1. The molecular formula is C15H16ClN3O3S. The number of aromatic nitrogens is 1. The van der Waals surface area contributed by atoms with Gasteiger partial charge in [-0.1, -0.05) is 25.4 Å². The molecule has 3 N–H and O–H groups in total. The van der Waals surface area contributed by atoms with Gasteiger partial charge < -0.3 is 5.11 Å². The second-order valence-electron chi connectivity index (χ2n) is 5.19. The molecule has 0 saturated carbocycles. The van der Waals surface area contributed by atoms with Crippen LogP contribution in [0.1, 0.15) is 50.5 Å². The molecule has 23 heavy (non-hydrogen) atoms. The summed E-state index contributed by atoms with van der Waals surface area (Å²) in [5.41, 5.74) is 5.15. The fraction of sp³-hybridized carbons (Fsp3) is 0.267. The molecule has 1 aromatic heterocycles. The van der Waals surface area contributed by atoms with Gasteiger partial charge in [0, 0.05) is 10.9 Å². The zero-order chi connectivity index (χ0) is 17.1. The summed E-state index contributed by atoms with van der Waals surface area (Å²) in [6.45, 7) is 5.72. The highest BCUT2D eigenvalue weighted by Crippen LogP contribution is 2.24. The number of nitrogens with zero attached hydrogens (tertiary/aromatic N) is 1. The normalized spacial score (nSPS) is 10.7. The fourth-order valence-electron chi connectivity index (χ4n) is 1.80. The first-order valence-electron chi connectivity index (χ1n) is 6.86. The van der Waals surface area contributed by atoms with E-state index in [0.29, 0.717) is 15.6 Å². The molecule has 2 aromatic rings. The summed E-state index contributed by atoms with van der Waals surface area (Å²) in [7, 11) is 0. The Bertz CT molecular complexity index is 758. The Labute approximate surface area is 142 Å². The maximum Gasteiger partial charge on any atom is 0.281 e. The highest BCUT2D eigenvalue weighted by Gasteiger charge is 2.18. The van der Waals surface area contributed by atoms with Gasteiger partial charge in [0.25, 0.3) is 11.8 Å². The number of phenolic OH excluding ortho intramolecular Hbond substituents is 1. The van der Waals surface area contributed by atoms with E-state index in [4.69, 9.17) is 11.6 Å². The molecule has 1 heterocycles. The standard InChI is InChI=1S/C15H16ClN3O3S/c1-7(2)15-17-8(3)12(23-15)14(22)19-18-13(21)10-6-9(16)4-5-11(10)20/h4-7,20H,1-3H3,(H,18,21)(H,19,22). The topological polar surface area (TPSA) is 91.3 Å². The zero-order valence-corrected chi connectivity index (χ0v) is 14.4. The van der Waals surface area contributed by atoms with Gasteiger partial charge in [-0.25, -0.2) is 4.98 Å². The van der Waals surface area contributed by atoms with E-state index in [1.165, 1.54) is 29.5 Å². The maximum absolute atomic E-state index is 12.1. The average molecular weight is 354 g/mol. The van der Waals surface area contributed by atoms with Gasteiger partial charge in [0.2, 0.25) is 0 Å². The monoisotopic (exact) mass is 353 g/mol. The van der Waals surface area contributed by atoms with Crippen LogP contribution in [0.3, 0.4) is 0 Å². The molecule has 6 nitrogen and oxygen atoms in total. The Morgan fingerprint density at radius 2 is 1.91 bits per heavy atom. The third-order valence-corrected chi connectivity index (χ3v) is 4.70. The lowest BCUT2D eigenvalue weighted by Gasteiger charge is -2.08. The summed E-state index contributed by atoms with van der Waals surface area (Å²) < 4.78 is 0. The van der Waals surface area contributed by atoms with Crippen LogP contribution in [0.5, 0.6) is 5.75 Å². The van der Waals surface area contributed by atoms with E-state index in [9.17, 15) is 14.7 Å². The van der Waals surface area contributed by atoms with Crippen molar-refractivity contribution in [3.63, 3.8) is 0 Å². The molecule has 0 aliphatic rings. The van der Waals surface area contributed by atoms with Gasteiger partial charge in [-0.15, -0.1) is 11.3 Å². The van der Waals surface area contributed by atoms with Crippen molar-refractivity contribution in [2.75, 3.05) is 0 Å². The quantitative estimate of drug-likeness (QED) is 0.740. The number of benzene rings is 1. The highest BCUT2D eigenvalue weighted by molar-refractivity contribution is 7.13. The number of halogens is 1. The van der Waals surface area contributed by atoms with Crippen molar-refractivity contribution in [3.05, 3.63) is 44.4 Å². The van der Waals surface area contributed by atoms with Crippen molar-refractivity contribution >= 4 is 34.8 Å². The van der Waals surface area contributed by atoms with E-state index in [1.807, 2.05) is 13.8 Å². The number of rotatable bonds is 3. The predicted octanol–water partition coefficient (Wildman–Crippen LogP) is 3.01. The average Bonchev–Trinajstić information content (AvgIpc) is 2.89. The van der Waals surface area contributed by atoms with Crippen LogP contribution >= 0.6 is 22.9 Å². The summed E-state index contributed by atoms with van der Waals surface area (Å²) >= 11 is 7.07. The number of carbonyl (C=O) groups is 2. The summed E-state index contributed by atoms with van der Waals surface area (Å²) in [4.78, 5) is 28.9. The van der Waals surface area contributed by atoms with Crippen molar-refractivity contribution in [1.29, 1.82) is 0 Å². The number of amides is 2. The Kier molecular flexibility index (Phi) is 5.23. The molecule has 0 aliphatic carbocycles. The minimum absolute atomic E-state index is 0.0262. The molecule has 0 aliphatic heterocycles. The van der Waals surface area contributed by atoms with E-state index in [-0.39, 0.29) is 17.2 Å². The SMILES string of the molecule is Cc1nc(C(C)C)sc1C(=O)NNC(=O)c1cc(Cl)ccc1O. The predicted molar refractivity (Wildman–Crippen MR) is 89.0 cm³/mol. The van der Waals surface area contributed by atoms with Gasteiger partial charge >= 0.3 is 0 Å². The van der Waals surface area contributed by atoms with Crippen LogP contribution in [0.25, 0.3) is 0 Å². The molecule has 0 radical (unpaired) electrons. The van der Waals surface area contributed by atoms with Gasteiger partial charge in [-0.2, -0.15) is 0 Å². The molecule has 0 unspecified atom stereocenters. The number of phenols is 1. The van der Waals surface area contributed by atoms with Crippen LogP contribution in [-0.4, -0.2) is 21.9 Å². The maximum atomic E-state index is 12.1. The van der Waals surface area contributed by atoms with Crippen LogP contribution in [0.4, 0.5) is 0 Å². The molecule has 0 atom stereocenters. The largest absolute Gasteiger partial charge is 0.507 e. The van der Waals surface area contributed by atoms with Crippen molar-refractivity contribution in [2.24, 2.45) is 0 Å². The Morgan fingerprint density at radius 1 is 1.26 bits per heavy atom. The van der Waals surface area contributed by atoms with Gasteiger partial charge in [0.05, 0.1) is 16.3 Å². The molecule has 0 spiro atoms. The third kappa shape index (κ3) is 4.00. The number of hydrogen-bond donors (Lipinski definition) is 3. The van der Waals surface area contributed by atoms with E-state index < -0.39 is 11.8 Å². The lowest BCUT2D eigenvalue weighted by molar-refractivity contribution is 0.0846. The summed E-state index contributed by atoms with van der Waals surface area (Å²) in [5, 5.41) is 10.8. The van der Waals surface area contributed by atoms with Crippen molar-refractivity contribution < 1.29 is 14.7 Å². The van der Waals surface area contributed by atoms with E-state index in [2.05, 4.69) is 15.8 Å². The Balaban J connectivity index is 2.07. The summed E-state index contributed by atoms with van der Waals surface area (Å²) in [6.07, 6.45) is 0. The highest BCUT2D eigenvalue weighted by atomic mass is 35.5.